The number of carbonyl (C=O) groups excluding carboxylic acids is 2. The Balaban J connectivity index is 1.97. The molecule has 1 aliphatic rings. The van der Waals surface area contributed by atoms with Gasteiger partial charge >= 0.3 is 0 Å². The Morgan fingerprint density at radius 3 is 2.39 bits per heavy atom. The summed E-state index contributed by atoms with van der Waals surface area (Å²) in [5.74, 6) is 0.196. The third kappa shape index (κ3) is 4.11. The Kier molecular flexibility index (Phi) is 6.50. The average molecular weight is 379 g/mol. The van der Waals surface area contributed by atoms with Crippen LogP contribution in [0.5, 0.6) is 0 Å². The third-order valence-electron chi connectivity index (χ3n) is 5.51. The number of carbonyl (C=O) groups is 2. The molecule has 2 amide bonds. The van der Waals surface area contributed by atoms with Crippen molar-refractivity contribution in [1.29, 1.82) is 0 Å². The van der Waals surface area contributed by atoms with E-state index in [9.17, 15) is 9.59 Å². The molecular formula is C24H30N2O2. The van der Waals surface area contributed by atoms with Crippen LogP contribution in [0.15, 0.2) is 54.6 Å². The van der Waals surface area contributed by atoms with Crippen molar-refractivity contribution in [3.8, 4) is 0 Å². The summed E-state index contributed by atoms with van der Waals surface area (Å²) in [4.78, 5) is 29.4. The molecule has 0 N–H and O–H groups in total. The summed E-state index contributed by atoms with van der Waals surface area (Å²) < 4.78 is 0. The quantitative estimate of drug-likeness (QED) is 0.624. The number of hydrogen-bond donors (Lipinski definition) is 0. The van der Waals surface area contributed by atoms with Gasteiger partial charge in [-0.2, -0.15) is 0 Å². The maximum Gasteiger partial charge on any atom is 0.227 e. The van der Waals surface area contributed by atoms with Crippen molar-refractivity contribution in [3.63, 3.8) is 0 Å². The number of amides is 2. The van der Waals surface area contributed by atoms with Crippen molar-refractivity contribution in [2.75, 3.05) is 9.80 Å². The van der Waals surface area contributed by atoms with Crippen LogP contribution in [0, 0.1) is 0 Å². The van der Waals surface area contributed by atoms with E-state index in [1.165, 1.54) is 0 Å². The molecule has 0 bridgehead atoms. The molecule has 0 radical (unpaired) electrons. The summed E-state index contributed by atoms with van der Waals surface area (Å²) in [7, 11) is 0. The number of hydrogen-bond acceptors (Lipinski definition) is 2. The summed E-state index contributed by atoms with van der Waals surface area (Å²) in [6, 6.07) is 17.8. The van der Waals surface area contributed by atoms with Crippen LogP contribution >= 0.6 is 0 Å². The monoisotopic (exact) mass is 378 g/mol. The second kappa shape index (κ2) is 9.05. The molecule has 2 aromatic carbocycles. The molecule has 3 rings (SSSR count). The van der Waals surface area contributed by atoms with Crippen molar-refractivity contribution in [1.82, 2.24) is 0 Å². The highest BCUT2D eigenvalue weighted by atomic mass is 16.2. The zero-order valence-corrected chi connectivity index (χ0v) is 17.1. The molecule has 0 fully saturated rings. The largest absolute Gasteiger partial charge is 0.309 e. The lowest BCUT2D eigenvalue weighted by molar-refractivity contribution is -0.119. The fourth-order valence-electron chi connectivity index (χ4n) is 4.22. The summed E-state index contributed by atoms with van der Waals surface area (Å²) in [6.07, 6.45) is 4.40. The Labute approximate surface area is 168 Å². The van der Waals surface area contributed by atoms with E-state index in [0.717, 1.165) is 42.6 Å². The second-order valence-electron chi connectivity index (χ2n) is 7.60. The molecule has 1 aliphatic heterocycles. The zero-order chi connectivity index (χ0) is 20.1. The molecule has 0 aliphatic carbocycles. The third-order valence-corrected chi connectivity index (χ3v) is 5.51. The Morgan fingerprint density at radius 2 is 1.71 bits per heavy atom. The van der Waals surface area contributed by atoms with Crippen LogP contribution in [-0.4, -0.2) is 17.9 Å². The molecule has 148 valence electrons. The number of para-hydroxylation sites is 2. The molecule has 2 atom stereocenters. The van der Waals surface area contributed by atoms with Crippen LogP contribution in [-0.2, 0) is 9.59 Å². The van der Waals surface area contributed by atoms with E-state index < -0.39 is 0 Å². The SMILES string of the molecule is CCCCCC(=O)N1c2ccccc2[C@H](N(C(C)=O)c2ccccc2)C[C@H]1C. The van der Waals surface area contributed by atoms with Crippen molar-refractivity contribution >= 4 is 23.2 Å². The first-order valence-corrected chi connectivity index (χ1v) is 10.3. The Hall–Kier alpha value is -2.62. The molecule has 2 aromatic rings. The van der Waals surface area contributed by atoms with Gasteiger partial charge in [0.25, 0.3) is 0 Å². The van der Waals surface area contributed by atoms with Gasteiger partial charge in [-0.1, -0.05) is 56.2 Å². The minimum Gasteiger partial charge on any atom is -0.309 e. The van der Waals surface area contributed by atoms with Crippen molar-refractivity contribution in [2.24, 2.45) is 0 Å². The highest BCUT2D eigenvalue weighted by Crippen LogP contribution is 2.42. The lowest BCUT2D eigenvalue weighted by Crippen LogP contribution is -2.47. The molecule has 0 saturated carbocycles. The van der Waals surface area contributed by atoms with Gasteiger partial charge in [-0.05, 0) is 43.5 Å². The van der Waals surface area contributed by atoms with Crippen LogP contribution in [0.3, 0.4) is 0 Å². The van der Waals surface area contributed by atoms with Crippen LogP contribution < -0.4 is 9.80 Å². The first-order chi connectivity index (χ1) is 13.5. The summed E-state index contributed by atoms with van der Waals surface area (Å²) >= 11 is 0. The fourth-order valence-corrected chi connectivity index (χ4v) is 4.22. The highest BCUT2D eigenvalue weighted by molar-refractivity contribution is 5.97. The number of nitrogens with zero attached hydrogens (tertiary/aromatic N) is 2. The van der Waals surface area contributed by atoms with Crippen molar-refractivity contribution < 1.29 is 9.59 Å². The molecule has 1 heterocycles. The fraction of sp³-hybridized carbons (Fsp3) is 0.417. The van der Waals surface area contributed by atoms with Gasteiger partial charge < -0.3 is 9.80 Å². The summed E-state index contributed by atoms with van der Waals surface area (Å²) in [5, 5.41) is 0. The smallest absolute Gasteiger partial charge is 0.227 e. The van der Waals surface area contributed by atoms with Gasteiger partial charge in [0, 0.05) is 30.8 Å². The average Bonchev–Trinajstić information content (AvgIpc) is 2.69. The number of anilines is 2. The van der Waals surface area contributed by atoms with Gasteiger partial charge in [0.05, 0.1) is 6.04 Å². The molecule has 0 saturated heterocycles. The lowest BCUT2D eigenvalue weighted by Gasteiger charge is -2.43. The van der Waals surface area contributed by atoms with Crippen LogP contribution in [0.2, 0.25) is 0 Å². The highest BCUT2D eigenvalue weighted by Gasteiger charge is 2.37. The first-order valence-electron chi connectivity index (χ1n) is 10.3. The maximum atomic E-state index is 13.0. The Morgan fingerprint density at radius 1 is 1.04 bits per heavy atom. The van der Waals surface area contributed by atoms with Crippen molar-refractivity contribution in [3.05, 3.63) is 60.2 Å². The van der Waals surface area contributed by atoms with Gasteiger partial charge in [0.2, 0.25) is 11.8 Å². The molecule has 0 spiro atoms. The van der Waals surface area contributed by atoms with Crippen molar-refractivity contribution in [2.45, 2.75) is 65.0 Å². The van der Waals surface area contributed by atoms with Crippen LogP contribution in [0.25, 0.3) is 0 Å². The number of unbranched alkanes of at least 4 members (excludes halogenated alkanes) is 2. The predicted octanol–water partition coefficient (Wildman–Crippen LogP) is 5.49. The molecular weight excluding hydrogens is 348 g/mol. The van der Waals surface area contributed by atoms with E-state index in [-0.39, 0.29) is 23.9 Å². The second-order valence-corrected chi connectivity index (χ2v) is 7.60. The summed E-state index contributed by atoms with van der Waals surface area (Å²) in [6.45, 7) is 5.85. The molecule has 28 heavy (non-hydrogen) atoms. The number of benzene rings is 2. The van der Waals surface area contributed by atoms with Crippen LogP contribution in [0.4, 0.5) is 11.4 Å². The van der Waals surface area contributed by atoms with Gasteiger partial charge in [0.1, 0.15) is 0 Å². The predicted molar refractivity (Wildman–Crippen MR) is 114 cm³/mol. The minimum absolute atomic E-state index is 0.0147. The van der Waals surface area contributed by atoms with Gasteiger partial charge in [0.15, 0.2) is 0 Å². The molecule has 0 aromatic heterocycles. The van der Waals surface area contributed by atoms with E-state index in [4.69, 9.17) is 0 Å². The normalized spacial score (nSPS) is 18.5. The maximum absolute atomic E-state index is 13.0. The number of fused-ring (bicyclic) bond motifs is 1. The van der Waals surface area contributed by atoms with E-state index in [0.29, 0.717) is 6.42 Å². The van der Waals surface area contributed by atoms with E-state index in [1.54, 1.807) is 6.92 Å². The van der Waals surface area contributed by atoms with Gasteiger partial charge in [-0.25, -0.2) is 0 Å². The number of rotatable bonds is 6. The molecule has 4 heteroatoms. The van der Waals surface area contributed by atoms with Gasteiger partial charge in [-0.3, -0.25) is 9.59 Å². The Bertz CT molecular complexity index is 818. The minimum atomic E-state index is -0.0780. The van der Waals surface area contributed by atoms with E-state index >= 15 is 0 Å². The van der Waals surface area contributed by atoms with Crippen LogP contribution in [0.1, 0.15) is 64.5 Å². The van der Waals surface area contributed by atoms with Gasteiger partial charge in [-0.15, -0.1) is 0 Å². The van der Waals surface area contributed by atoms with E-state index in [1.807, 2.05) is 58.3 Å². The zero-order valence-electron chi connectivity index (χ0n) is 17.1. The first kappa shape index (κ1) is 20.1. The van der Waals surface area contributed by atoms with E-state index in [2.05, 4.69) is 19.9 Å². The summed E-state index contributed by atoms with van der Waals surface area (Å²) in [5.41, 5.74) is 2.88. The lowest BCUT2D eigenvalue weighted by atomic mass is 9.89. The molecule has 4 nitrogen and oxygen atoms in total. The standard InChI is InChI=1S/C24H30N2O2/c1-4-5-7-16-24(28)25-18(2)17-23(21-14-10-11-15-22(21)25)26(19(3)27)20-12-8-6-9-13-20/h6,8-15,18,23H,4-5,7,16-17H2,1-3H3/t18-,23-/m1/s1. The topological polar surface area (TPSA) is 40.6 Å². The molecule has 0 unspecified atom stereocenters.